The molecule has 22 heavy (non-hydrogen) atoms. The third-order valence-electron chi connectivity index (χ3n) is 4.06. The number of hydrogen-bond donors (Lipinski definition) is 2. The van der Waals surface area contributed by atoms with Crippen LogP contribution in [0.25, 0.3) is 0 Å². The molecule has 0 aliphatic carbocycles. The molecule has 2 N–H and O–H groups in total. The lowest BCUT2D eigenvalue weighted by molar-refractivity contribution is -0.123. The van der Waals surface area contributed by atoms with Crippen molar-refractivity contribution in [2.75, 3.05) is 39.3 Å². The predicted octanol–water partition coefficient (Wildman–Crippen LogP) is 1.09. The summed E-state index contributed by atoms with van der Waals surface area (Å²) in [6, 6.07) is 6.50. The molecule has 1 amide bonds. The van der Waals surface area contributed by atoms with Gasteiger partial charge in [0.05, 0.1) is 13.1 Å². The molecule has 1 aromatic rings. The fourth-order valence-electron chi connectivity index (χ4n) is 2.73. The van der Waals surface area contributed by atoms with Gasteiger partial charge in [-0.2, -0.15) is 0 Å². The molecule has 1 saturated heterocycles. The second-order valence-corrected chi connectivity index (χ2v) is 5.94. The van der Waals surface area contributed by atoms with E-state index in [4.69, 9.17) is 4.74 Å². The first-order valence-electron chi connectivity index (χ1n) is 7.98. The monoisotopic (exact) mass is 305 g/mol. The number of piperazine rings is 1. The van der Waals surface area contributed by atoms with E-state index in [1.54, 1.807) is 0 Å². The molecule has 1 atom stereocenters. The van der Waals surface area contributed by atoms with Crippen molar-refractivity contribution in [3.05, 3.63) is 29.3 Å². The van der Waals surface area contributed by atoms with Crippen LogP contribution in [0, 0.1) is 13.8 Å². The Hall–Kier alpha value is -1.59. The van der Waals surface area contributed by atoms with Crippen molar-refractivity contribution in [3.8, 4) is 5.75 Å². The number of nitrogens with zero attached hydrogens (tertiary/aromatic N) is 1. The normalized spacial score (nSPS) is 19.0. The van der Waals surface area contributed by atoms with E-state index in [0.717, 1.165) is 36.5 Å². The predicted molar refractivity (Wildman–Crippen MR) is 88.3 cm³/mol. The quantitative estimate of drug-likeness (QED) is 0.773. The van der Waals surface area contributed by atoms with Crippen molar-refractivity contribution in [1.29, 1.82) is 0 Å². The van der Waals surface area contributed by atoms with Crippen LogP contribution in [-0.4, -0.2) is 56.2 Å². The van der Waals surface area contributed by atoms with Crippen molar-refractivity contribution < 1.29 is 9.53 Å². The molecule has 0 bridgehead atoms. The maximum Gasteiger partial charge on any atom is 0.234 e. The van der Waals surface area contributed by atoms with Crippen molar-refractivity contribution in [2.24, 2.45) is 0 Å². The third-order valence-corrected chi connectivity index (χ3v) is 4.06. The van der Waals surface area contributed by atoms with Crippen molar-refractivity contribution in [1.82, 2.24) is 15.5 Å². The van der Waals surface area contributed by atoms with Crippen LogP contribution < -0.4 is 15.4 Å². The van der Waals surface area contributed by atoms with Gasteiger partial charge in [-0.05, 0) is 31.9 Å². The highest BCUT2D eigenvalue weighted by molar-refractivity contribution is 5.78. The van der Waals surface area contributed by atoms with Gasteiger partial charge in [0, 0.05) is 25.7 Å². The summed E-state index contributed by atoms with van der Waals surface area (Å²) in [7, 11) is 0. The highest BCUT2D eigenvalue weighted by Gasteiger charge is 2.19. The highest BCUT2D eigenvalue weighted by Crippen LogP contribution is 2.21. The number of amides is 1. The molecule has 5 nitrogen and oxygen atoms in total. The van der Waals surface area contributed by atoms with Gasteiger partial charge < -0.3 is 15.4 Å². The van der Waals surface area contributed by atoms with Gasteiger partial charge in [-0.15, -0.1) is 0 Å². The third kappa shape index (κ3) is 4.71. The van der Waals surface area contributed by atoms with Gasteiger partial charge in [-0.25, -0.2) is 0 Å². The van der Waals surface area contributed by atoms with E-state index >= 15 is 0 Å². The molecule has 0 unspecified atom stereocenters. The Labute approximate surface area is 133 Å². The first-order valence-corrected chi connectivity index (χ1v) is 7.98. The van der Waals surface area contributed by atoms with Crippen LogP contribution in [0.5, 0.6) is 5.75 Å². The molecule has 0 saturated carbocycles. The maximum atomic E-state index is 12.0. The average Bonchev–Trinajstić information content (AvgIpc) is 2.48. The number of nitrogens with one attached hydrogen (secondary N) is 2. The van der Waals surface area contributed by atoms with Crippen LogP contribution in [0.2, 0.25) is 0 Å². The summed E-state index contributed by atoms with van der Waals surface area (Å²) in [4.78, 5) is 14.2. The minimum Gasteiger partial charge on any atom is -0.491 e. The fourth-order valence-corrected chi connectivity index (χ4v) is 2.73. The van der Waals surface area contributed by atoms with E-state index in [9.17, 15) is 4.79 Å². The lowest BCUT2D eigenvalue weighted by Gasteiger charge is -2.33. The summed E-state index contributed by atoms with van der Waals surface area (Å²) >= 11 is 0. The summed E-state index contributed by atoms with van der Waals surface area (Å²) in [5, 5.41) is 6.26. The Morgan fingerprint density at radius 3 is 2.82 bits per heavy atom. The van der Waals surface area contributed by atoms with E-state index < -0.39 is 0 Å². The van der Waals surface area contributed by atoms with Crippen LogP contribution in [0.4, 0.5) is 0 Å². The van der Waals surface area contributed by atoms with E-state index in [0.29, 0.717) is 25.7 Å². The Bertz CT molecular complexity index is 484. The number of carbonyl (C=O) groups excluding carboxylic acids is 1. The van der Waals surface area contributed by atoms with Gasteiger partial charge in [0.1, 0.15) is 12.4 Å². The number of ether oxygens (including phenoxy) is 1. The van der Waals surface area contributed by atoms with E-state index in [1.807, 2.05) is 32.0 Å². The molecule has 1 aliphatic heterocycles. The molecule has 0 spiro atoms. The smallest absolute Gasteiger partial charge is 0.234 e. The van der Waals surface area contributed by atoms with Crippen molar-refractivity contribution in [3.63, 3.8) is 0 Å². The summed E-state index contributed by atoms with van der Waals surface area (Å²) in [6.45, 7) is 10.5. The van der Waals surface area contributed by atoms with Gasteiger partial charge in [0.2, 0.25) is 5.91 Å². The molecule has 1 fully saturated rings. The zero-order valence-corrected chi connectivity index (χ0v) is 13.8. The first-order chi connectivity index (χ1) is 10.6. The van der Waals surface area contributed by atoms with Crippen molar-refractivity contribution in [2.45, 2.75) is 26.8 Å². The van der Waals surface area contributed by atoms with Crippen LogP contribution in [-0.2, 0) is 4.79 Å². The summed E-state index contributed by atoms with van der Waals surface area (Å²) in [5.74, 6) is 0.992. The number of carbonyl (C=O) groups is 1. The van der Waals surface area contributed by atoms with Gasteiger partial charge in [-0.3, -0.25) is 9.69 Å². The Balaban J connectivity index is 1.69. The number of aryl methyl sites for hydroxylation is 2. The SMILES string of the molecule is Cc1cccc(C)c1OCCNC(=O)CN1CCNC[C@@H]1C. The minimum absolute atomic E-state index is 0.0684. The number of para-hydroxylation sites is 1. The van der Waals surface area contributed by atoms with Gasteiger partial charge >= 0.3 is 0 Å². The topological polar surface area (TPSA) is 53.6 Å². The fraction of sp³-hybridized carbons (Fsp3) is 0.588. The van der Waals surface area contributed by atoms with Crippen molar-refractivity contribution >= 4 is 5.91 Å². The van der Waals surface area contributed by atoms with E-state index in [-0.39, 0.29) is 5.91 Å². The first kappa shape index (κ1) is 16.8. The molecule has 122 valence electrons. The second kappa shape index (κ2) is 8.15. The van der Waals surface area contributed by atoms with E-state index in [2.05, 4.69) is 22.5 Å². The molecular formula is C17H27N3O2. The van der Waals surface area contributed by atoms with Gasteiger partial charge in [0.15, 0.2) is 0 Å². The standard InChI is InChI=1S/C17H27N3O2/c1-13-5-4-6-14(2)17(13)22-10-8-19-16(21)12-20-9-7-18-11-15(20)3/h4-6,15,18H,7-12H2,1-3H3,(H,19,21)/t15-/m0/s1. The number of rotatable bonds is 6. The van der Waals surface area contributed by atoms with Gasteiger partial charge in [0.25, 0.3) is 0 Å². The molecule has 1 aliphatic rings. The molecular weight excluding hydrogens is 278 g/mol. The molecule has 1 heterocycles. The highest BCUT2D eigenvalue weighted by atomic mass is 16.5. The molecule has 0 aromatic heterocycles. The Kier molecular flexibility index (Phi) is 6.21. The van der Waals surface area contributed by atoms with Gasteiger partial charge in [-0.1, -0.05) is 18.2 Å². The van der Waals surface area contributed by atoms with Crippen LogP contribution >= 0.6 is 0 Å². The maximum absolute atomic E-state index is 12.0. The van der Waals surface area contributed by atoms with E-state index in [1.165, 1.54) is 0 Å². The zero-order valence-electron chi connectivity index (χ0n) is 13.8. The summed E-state index contributed by atoms with van der Waals surface area (Å²) in [5.41, 5.74) is 2.25. The number of hydrogen-bond acceptors (Lipinski definition) is 4. The molecule has 0 radical (unpaired) electrons. The largest absolute Gasteiger partial charge is 0.491 e. The lowest BCUT2D eigenvalue weighted by Crippen LogP contribution is -2.52. The zero-order chi connectivity index (χ0) is 15.9. The lowest BCUT2D eigenvalue weighted by atomic mass is 10.1. The molecule has 5 heteroatoms. The Morgan fingerprint density at radius 1 is 1.41 bits per heavy atom. The van der Waals surface area contributed by atoms with Crippen LogP contribution in [0.1, 0.15) is 18.1 Å². The summed E-state index contributed by atoms with van der Waals surface area (Å²) < 4.78 is 5.79. The average molecular weight is 305 g/mol. The van der Waals surface area contributed by atoms with Crippen LogP contribution in [0.3, 0.4) is 0 Å². The minimum atomic E-state index is 0.0684. The summed E-state index contributed by atoms with van der Waals surface area (Å²) in [6.07, 6.45) is 0. The Morgan fingerprint density at radius 2 is 2.14 bits per heavy atom. The molecule has 1 aromatic carbocycles. The molecule has 2 rings (SSSR count). The second-order valence-electron chi connectivity index (χ2n) is 5.94. The van der Waals surface area contributed by atoms with Crippen LogP contribution in [0.15, 0.2) is 18.2 Å². The number of benzene rings is 1.